The molecule has 1 saturated heterocycles. The molecule has 5 heteroatoms. The minimum atomic E-state index is 0.648. The SMILES string of the molecule is Cc1ccncc1-c1noc(CC2CCNCC2)n1. The Kier molecular flexibility index (Phi) is 3.55. The predicted molar refractivity (Wildman–Crippen MR) is 71.6 cm³/mol. The Morgan fingerprint density at radius 2 is 2.21 bits per heavy atom. The molecule has 3 heterocycles. The van der Waals surface area contributed by atoms with Crippen LogP contribution in [0.4, 0.5) is 0 Å². The fourth-order valence-corrected chi connectivity index (χ4v) is 2.48. The molecule has 19 heavy (non-hydrogen) atoms. The predicted octanol–water partition coefficient (Wildman–Crippen LogP) is 1.98. The Morgan fingerprint density at radius 1 is 1.37 bits per heavy atom. The number of aryl methyl sites for hydroxylation is 1. The molecule has 2 aromatic heterocycles. The molecule has 100 valence electrons. The third-order valence-electron chi connectivity index (χ3n) is 3.67. The van der Waals surface area contributed by atoms with E-state index in [1.54, 1.807) is 12.4 Å². The number of nitrogens with zero attached hydrogens (tertiary/aromatic N) is 3. The van der Waals surface area contributed by atoms with Crippen LogP contribution in [0.3, 0.4) is 0 Å². The van der Waals surface area contributed by atoms with Gasteiger partial charge < -0.3 is 9.84 Å². The first-order chi connectivity index (χ1) is 9.33. The van der Waals surface area contributed by atoms with E-state index in [0.29, 0.717) is 11.7 Å². The van der Waals surface area contributed by atoms with Gasteiger partial charge in [-0.05, 0) is 50.4 Å². The summed E-state index contributed by atoms with van der Waals surface area (Å²) in [5.41, 5.74) is 2.06. The van der Waals surface area contributed by atoms with E-state index in [9.17, 15) is 0 Å². The molecule has 0 atom stereocenters. The molecular formula is C14H18N4O. The summed E-state index contributed by atoms with van der Waals surface area (Å²) in [6.45, 7) is 4.21. The minimum absolute atomic E-state index is 0.648. The van der Waals surface area contributed by atoms with Gasteiger partial charge in [0.1, 0.15) is 0 Å². The van der Waals surface area contributed by atoms with Gasteiger partial charge in [0.15, 0.2) is 0 Å². The Labute approximate surface area is 112 Å². The second kappa shape index (κ2) is 5.48. The summed E-state index contributed by atoms with van der Waals surface area (Å²) < 4.78 is 5.37. The third-order valence-corrected chi connectivity index (χ3v) is 3.67. The van der Waals surface area contributed by atoms with Crippen molar-refractivity contribution in [3.05, 3.63) is 29.9 Å². The number of hydrogen-bond acceptors (Lipinski definition) is 5. The number of hydrogen-bond donors (Lipinski definition) is 1. The lowest BCUT2D eigenvalue weighted by Gasteiger charge is -2.20. The Morgan fingerprint density at radius 3 is 3.00 bits per heavy atom. The summed E-state index contributed by atoms with van der Waals surface area (Å²) in [6.07, 6.45) is 6.81. The van der Waals surface area contributed by atoms with Gasteiger partial charge in [-0.3, -0.25) is 4.98 Å². The lowest BCUT2D eigenvalue weighted by atomic mass is 9.95. The van der Waals surface area contributed by atoms with Crippen molar-refractivity contribution in [1.82, 2.24) is 20.4 Å². The highest BCUT2D eigenvalue weighted by Gasteiger charge is 2.18. The smallest absolute Gasteiger partial charge is 0.227 e. The summed E-state index contributed by atoms with van der Waals surface area (Å²) >= 11 is 0. The van der Waals surface area contributed by atoms with Crippen molar-refractivity contribution >= 4 is 0 Å². The van der Waals surface area contributed by atoms with E-state index >= 15 is 0 Å². The molecule has 0 bridgehead atoms. The van der Waals surface area contributed by atoms with Crippen molar-refractivity contribution in [2.75, 3.05) is 13.1 Å². The molecule has 1 N–H and O–H groups in total. The molecule has 1 aliphatic heterocycles. The van der Waals surface area contributed by atoms with Gasteiger partial charge in [0.05, 0.1) is 0 Å². The molecule has 0 amide bonds. The summed E-state index contributed by atoms with van der Waals surface area (Å²) in [7, 11) is 0. The van der Waals surface area contributed by atoms with Crippen LogP contribution in [0.2, 0.25) is 0 Å². The van der Waals surface area contributed by atoms with Crippen LogP contribution in [0.15, 0.2) is 23.0 Å². The highest BCUT2D eigenvalue weighted by atomic mass is 16.5. The van der Waals surface area contributed by atoms with Gasteiger partial charge in [0, 0.05) is 24.4 Å². The number of rotatable bonds is 3. The lowest BCUT2D eigenvalue weighted by molar-refractivity contribution is 0.313. The van der Waals surface area contributed by atoms with Crippen LogP contribution in [-0.4, -0.2) is 28.2 Å². The second-order valence-electron chi connectivity index (χ2n) is 5.10. The molecule has 0 aromatic carbocycles. The summed E-state index contributed by atoms with van der Waals surface area (Å²) in [5, 5.41) is 7.44. The van der Waals surface area contributed by atoms with E-state index in [4.69, 9.17) is 4.52 Å². The molecular weight excluding hydrogens is 240 g/mol. The van der Waals surface area contributed by atoms with Gasteiger partial charge in [0.2, 0.25) is 11.7 Å². The minimum Gasteiger partial charge on any atom is -0.339 e. The second-order valence-corrected chi connectivity index (χ2v) is 5.10. The van der Waals surface area contributed by atoms with Crippen LogP contribution in [-0.2, 0) is 6.42 Å². The summed E-state index contributed by atoms with van der Waals surface area (Å²) in [6, 6.07) is 1.96. The first kappa shape index (κ1) is 12.3. The van der Waals surface area contributed by atoms with Crippen LogP contribution < -0.4 is 5.32 Å². The zero-order valence-corrected chi connectivity index (χ0v) is 11.1. The first-order valence-corrected chi connectivity index (χ1v) is 6.77. The maximum atomic E-state index is 5.37. The van der Waals surface area contributed by atoms with Gasteiger partial charge in [0.25, 0.3) is 0 Å². The Hall–Kier alpha value is -1.75. The Bertz CT molecular complexity index is 546. The highest BCUT2D eigenvalue weighted by molar-refractivity contribution is 5.57. The summed E-state index contributed by atoms with van der Waals surface area (Å²) in [4.78, 5) is 8.61. The van der Waals surface area contributed by atoms with Crippen molar-refractivity contribution in [3.8, 4) is 11.4 Å². The van der Waals surface area contributed by atoms with E-state index in [0.717, 1.165) is 36.5 Å². The summed E-state index contributed by atoms with van der Waals surface area (Å²) in [5.74, 6) is 2.05. The van der Waals surface area contributed by atoms with Crippen molar-refractivity contribution in [2.24, 2.45) is 5.92 Å². The topological polar surface area (TPSA) is 63.8 Å². The molecule has 1 aliphatic rings. The number of pyridine rings is 1. The van der Waals surface area contributed by atoms with Crippen molar-refractivity contribution in [2.45, 2.75) is 26.2 Å². The maximum Gasteiger partial charge on any atom is 0.227 e. The molecule has 5 nitrogen and oxygen atoms in total. The average molecular weight is 258 g/mol. The standard InChI is InChI=1S/C14H18N4O/c1-10-2-5-16-9-12(10)14-17-13(19-18-14)8-11-3-6-15-7-4-11/h2,5,9,11,15H,3-4,6-8H2,1H3. The van der Waals surface area contributed by atoms with Gasteiger partial charge in [-0.2, -0.15) is 4.98 Å². The van der Waals surface area contributed by atoms with Crippen LogP contribution in [0.5, 0.6) is 0 Å². The van der Waals surface area contributed by atoms with Gasteiger partial charge in [-0.15, -0.1) is 0 Å². The van der Waals surface area contributed by atoms with Crippen molar-refractivity contribution in [1.29, 1.82) is 0 Å². The van der Waals surface area contributed by atoms with E-state index in [1.807, 2.05) is 13.0 Å². The first-order valence-electron chi connectivity index (χ1n) is 6.77. The molecule has 3 rings (SSSR count). The van der Waals surface area contributed by atoms with Gasteiger partial charge in [-0.25, -0.2) is 0 Å². The van der Waals surface area contributed by atoms with E-state index in [-0.39, 0.29) is 0 Å². The highest BCUT2D eigenvalue weighted by Crippen LogP contribution is 2.21. The van der Waals surface area contributed by atoms with E-state index < -0.39 is 0 Å². The lowest BCUT2D eigenvalue weighted by Crippen LogP contribution is -2.28. The van der Waals surface area contributed by atoms with Crippen LogP contribution in [0.1, 0.15) is 24.3 Å². The van der Waals surface area contributed by atoms with Gasteiger partial charge in [-0.1, -0.05) is 5.16 Å². The van der Waals surface area contributed by atoms with Crippen LogP contribution >= 0.6 is 0 Å². The molecule has 0 radical (unpaired) electrons. The van der Waals surface area contributed by atoms with Gasteiger partial charge >= 0.3 is 0 Å². The largest absolute Gasteiger partial charge is 0.339 e. The number of aromatic nitrogens is 3. The van der Waals surface area contributed by atoms with Crippen LogP contribution in [0, 0.1) is 12.8 Å². The third kappa shape index (κ3) is 2.81. The fraction of sp³-hybridized carbons (Fsp3) is 0.500. The quantitative estimate of drug-likeness (QED) is 0.912. The van der Waals surface area contributed by atoms with Crippen LogP contribution in [0.25, 0.3) is 11.4 Å². The molecule has 0 saturated carbocycles. The molecule has 1 fully saturated rings. The number of nitrogens with one attached hydrogen (secondary N) is 1. The monoisotopic (exact) mass is 258 g/mol. The zero-order chi connectivity index (χ0) is 13.1. The fourth-order valence-electron chi connectivity index (χ4n) is 2.48. The van der Waals surface area contributed by atoms with Crippen molar-refractivity contribution in [3.63, 3.8) is 0 Å². The number of piperidine rings is 1. The van der Waals surface area contributed by atoms with E-state index in [2.05, 4.69) is 20.4 Å². The zero-order valence-electron chi connectivity index (χ0n) is 11.1. The Balaban J connectivity index is 1.74. The molecule has 0 spiro atoms. The molecule has 2 aromatic rings. The molecule has 0 unspecified atom stereocenters. The molecule has 0 aliphatic carbocycles. The van der Waals surface area contributed by atoms with Crippen molar-refractivity contribution < 1.29 is 4.52 Å². The average Bonchev–Trinajstić information content (AvgIpc) is 2.89. The maximum absolute atomic E-state index is 5.37. The normalized spacial score (nSPS) is 16.7. The van der Waals surface area contributed by atoms with E-state index in [1.165, 1.54) is 12.8 Å².